The highest BCUT2D eigenvalue weighted by Gasteiger charge is 2.21. The number of thiophene rings is 1. The van der Waals surface area contributed by atoms with E-state index in [4.69, 9.17) is 10.8 Å². The molecule has 0 saturated heterocycles. The van der Waals surface area contributed by atoms with Crippen LogP contribution in [0.4, 0.5) is 5.69 Å². The molecule has 1 unspecified atom stereocenters. The Hall–Kier alpha value is -1.11. The molecule has 0 aliphatic rings. The number of carbonyl (C=O) groups excluding carboxylic acids is 1. The van der Waals surface area contributed by atoms with Crippen LogP contribution in [0.2, 0.25) is 0 Å². The number of hydrogen-bond donors (Lipinski definition) is 3. The fourth-order valence-electron chi connectivity index (χ4n) is 2.20. The smallest absolute Gasteiger partial charge is 0.263 e. The molecule has 1 aromatic carbocycles. The van der Waals surface area contributed by atoms with Gasteiger partial charge in [-0.15, -0.1) is 11.3 Å². The van der Waals surface area contributed by atoms with Gasteiger partial charge >= 0.3 is 0 Å². The molecule has 0 saturated carbocycles. The van der Waals surface area contributed by atoms with E-state index in [0.717, 1.165) is 14.6 Å². The van der Waals surface area contributed by atoms with Gasteiger partial charge in [0, 0.05) is 27.2 Å². The number of aliphatic hydroxyl groups is 1. The van der Waals surface area contributed by atoms with Gasteiger partial charge in [0.05, 0.1) is 5.69 Å². The molecule has 6 heteroatoms. The highest BCUT2D eigenvalue weighted by Crippen LogP contribution is 2.35. The molecule has 1 amide bonds. The standard InChI is InChI=1S/C15H19BrN2O2S/c1-8(2)11(5-6-19)18-15(20)14-13(17)10-7-9(16)3-4-12(10)21-14/h3-4,7-8,11,19H,5-6,17H2,1-2H3,(H,18,20). The van der Waals surface area contributed by atoms with Crippen LogP contribution >= 0.6 is 27.3 Å². The first-order valence-electron chi connectivity index (χ1n) is 6.83. The molecule has 0 bridgehead atoms. The number of hydrogen-bond acceptors (Lipinski definition) is 4. The fourth-order valence-corrected chi connectivity index (χ4v) is 3.57. The minimum Gasteiger partial charge on any atom is -0.397 e. The van der Waals surface area contributed by atoms with Gasteiger partial charge in [0.2, 0.25) is 0 Å². The molecule has 4 nitrogen and oxygen atoms in total. The number of halogens is 1. The SMILES string of the molecule is CC(C)C(CCO)NC(=O)c1sc2ccc(Br)cc2c1N. The van der Waals surface area contributed by atoms with Crippen molar-refractivity contribution >= 4 is 48.9 Å². The summed E-state index contributed by atoms with van der Waals surface area (Å²) in [5, 5.41) is 13.0. The summed E-state index contributed by atoms with van der Waals surface area (Å²) in [5.74, 6) is 0.0859. The van der Waals surface area contributed by atoms with Crippen molar-refractivity contribution in [1.29, 1.82) is 0 Å². The van der Waals surface area contributed by atoms with Crippen molar-refractivity contribution < 1.29 is 9.90 Å². The van der Waals surface area contributed by atoms with Crippen LogP contribution in [0.15, 0.2) is 22.7 Å². The Bertz CT molecular complexity index is 654. The number of amides is 1. The van der Waals surface area contributed by atoms with E-state index in [1.165, 1.54) is 11.3 Å². The molecule has 1 atom stereocenters. The van der Waals surface area contributed by atoms with Crippen LogP contribution in [0, 0.1) is 5.92 Å². The maximum atomic E-state index is 12.4. The summed E-state index contributed by atoms with van der Waals surface area (Å²) in [6, 6.07) is 5.75. The Morgan fingerprint density at radius 2 is 2.19 bits per heavy atom. The average molecular weight is 371 g/mol. The van der Waals surface area contributed by atoms with Crippen LogP contribution in [-0.2, 0) is 0 Å². The molecular formula is C15H19BrN2O2S. The molecule has 1 aromatic heterocycles. The van der Waals surface area contributed by atoms with Crippen LogP contribution in [0.25, 0.3) is 10.1 Å². The lowest BCUT2D eigenvalue weighted by atomic mass is 10.0. The largest absolute Gasteiger partial charge is 0.397 e. The van der Waals surface area contributed by atoms with Crippen molar-refractivity contribution in [2.24, 2.45) is 5.92 Å². The molecule has 0 aliphatic carbocycles. The van der Waals surface area contributed by atoms with Gasteiger partial charge in [0.1, 0.15) is 4.88 Å². The Kier molecular flexibility index (Phi) is 5.24. The second-order valence-corrected chi connectivity index (χ2v) is 7.29. The lowest BCUT2D eigenvalue weighted by Crippen LogP contribution is -2.39. The fraction of sp³-hybridized carbons (Fsp3) is 0.400. The highest BCUT2D eigenvalue weighted by atomic mass is 79.9. The molecule has 0 radical (unpaired) electrons. The molecule has 0 spiro atoms. The first-order valence-corrected chi connectivity index (χ1v) is 8.44. The molecule has 2 rings (SSSR count). The predicted octanol–water partition coefficient (Wildman–Crippen LogP) is 3.38. The molecule has 1 heterocycles. The predicted molar refractivity (Wildman–Crippen MR) is 91.7 cm³/mol. The van der Waals surface area contributed by atoms with Gasteiger partial charge < -0.3 is 16.2 Å². The molecule has 2 aromatic rings. The number of rotatable bonds is 5. The van der Waals surface area contributed by atoms with E-state index in [2.05, 4.69) is 21.2 Å². The average Bonchev–Trinajstić information content (AvgIpc) is 2.75. The number of nitrogens with one attached hydrogen (secondary N) is 1. The number of benzene rings is 1. The molecule has 114 valence electrons. The van der Waals surface area contributed by atoms with Crippen molar-refractivity contribution in [1.82, 2.24) is 5.32 Å². The molecular weight excluding hydrogens is 352 g/mol. The molecule has 21 heavy (non-hydrogen) atoms. The topological polar surface area (TPSA) is 75.3 Å². The van der Waals surface area contributed by atoms with E-state index in [0.29, 0.717) is 17.0 Å². The lowest BCUT2D eigenvalue weighted by molar-refractivity contribution is 0.0921. The maximum absolute atomic E-state index is 12.4. The van der Waals surface area contributed by atoms with Gasteiger partial charge in [0.15, 0.2) is 0 Å². The van der Waals surface area contributed by atoms with Gasteiger partial charge in [-0.2, -0.15) is 0 Å². The molecule has 0 fully saturated rings. The van der Waals surface area contributed by atoms with Crippen molar-refractivity contribution in [3.63, 3.8) is 0 Å². The summed E-state index contributed by atoms with van der Waals surface area (Å²) in [6.07, 6.45) is 0.541. The summed E-state index contributed by atoms with van der Waals surface area (Å²) in [5.41, 5.74) is 6.63. The van der Waals surface area contributed by atoms with E-state index in [-0.39, 0.29) is 24.5 Å². The second-order valence-electron chi connectivity index (χ2n) is 5.32. The number of aliphatic hydroxyl groups excluding tert-OH is 1. The number of anilines is 1. The number of fused-ring (bicyclic) bond motifs is 1. The number of carbonyl (C=O) groups is 1. The lowest BCUT2D eigenvalue weighted by Gasteiger charge is -2.21. The zero-order valence-corrected chi connectivity index (χ0v) is 14.4. The van der Waals surface area contributed by atoms with Gasteiger partial charge in [-0.3, -0.25) is 4.79 Å². The van der Waals surface area contributed by atoms with E-state index in [9.17, 15) is 4.79 Å². The van der Waals surface area contributed by atoms with Crippen LogP contribution < -0.4 is 11.1 Å². The number of nitrogens with two attached hydrogens (primary N) is 1. The monoisotopic (exact) mass is 370 g/mol. The normalized spacial score (nSPS) is 12.8. The second kappa shape index (κ2) is 6.77. The minimum atomic E-state index is -0.169. The maximum Gasteiger partial charge on any atom is 0.263 e. The third kappa shape index (κ3) is 3.56. The van der Waals surface area contributed by atoms with Crippen LogP contribution in [0.5, 0.6) is 0 Å². The quantitative estimate of drug-likeness (QED) is 0.754. The first-order chi connectivity index (χ1) is 9.93. The van der Waals surface area contributed by atoms with E-state index in [1.54, 1.807) is 0 Å². The van der Waals surface area contributed by atoms with Crippen LogP contribution in [0.3, 0.4) is 0 Å². The summed E-state index contributed by atoms with van der Waals surface area (Å²) < 4.78 is 1.93. The van der Waals surface area contributed by atoms with Crippen LogP contribution in [-0.4, -0.2) is 23.7 Å². The van der Waals surface area contributed by atoms with Crippen molar-refractivity contribution in [2.45, 2.75) is 26.3 Å². The van der Waals surface area contributed by atoms with Crippen molar-refractivity contribution in [3.05, 3.63) is 27.5 Å². The first kappa shape index (κ1) is 16.3. The Labute approximate surface area is 136 Å². The Morgan fingerprint density at radius 3 is 2.81 bits per heavy atom. The summed E-state index contributed by atoms with van der Waals surface area (Å²) >= 11 is 4.81. The van der Waals surface area contributed by atoms with Gasteiger partial charge in [-0.05, 0) is 30.5 Å². The third-order valence-corrected chi connectivity index (χ3v) is 5.13. The zero-order valence-electron chi connectivity index (χ0n) is 12.0. The summed E-state index contributed by atoms with van der Waals surface area (Å²) in [4.78, 5) is 13.0. The summed E-state index contributed by atoms with van der Waals surface area (Å²) in [7, 11) is 0. The van der Waals surface area contributed by atoms with E-state index in [1.807, 2.05) is 32.0 Å². The molecule has 0 aliphatic heterocycles. The van der Waals surface area contributed by atoms with Gasteiger partial charge in [-0.25, -0.2) is 0 Å². The van der Waals surface area contributed by atoms with Crippen molar-refractivity contribution in [2.75, 3.05) is 12.3 Å². The minimum absolute atomic E-state index is 0.0535. The number of nitrogen functional groups attached to an aromatic ring is 1. The van der Waals surface area contributed by atoms with Crippen LogP contribution in [0.1, 0.15) is 29.9 Å². The Morgan fingerprint density at radius 1 is 1.48 bits per heavy atom. The van der Waals surface area contributed by atoms with E-state index >= 15 is 0 Å². The van der Waals surface area contributed by atoms with Gasteiger partial charge in [0.25, 0.3) is 5.91 Å². The third-order valence-electron chi connectivity index (χ3n) is 3.46. The molecule has 4 N–H and O–H groups in total. The van der Waals surface area contributed by atoms with Gasteiger partial charge in [-0.1, -0.05) is 29.8 Å². The Balaban J connectivity index is 2.29. The van der Waals surface area contributed by atoms with Crippen molar-refractivity contribution in [3.8, 4) is 0 Å². The zero-order chi connectivity index (χ0) is 15.6. The van der Waals surface area contributed by atoms with E-state index < -0.39 is 0 Å². The summed E-state index contributed by atoms with van der Waals surface area (Å²) in [6.45, 7) is 4.09. The highest BCUT2D eigenvalue weighted by molar-refractivity contribution is 9.10.